The summed E-state index contributed by atoms with van der Waals surface area (Å²) in [4.78, 5) is 4.10. The standard InChI is InChI=1S/C10H8Cl2N2O/c1-6-13-10(15-14-6)4-7-2-8(11)5-9(12)3-7/h2-3,5H,4H2,1H3. The molecule has 0 saturated carbocycles. The molecule has 0 radical (unpaired) electrons. The van der Waals surface area contributed by atoms with E-state index in [9.17, 15) is 0 Å². The summed E-state index contributed by atoms with van der Waals surface area (Å²) in [6.07, 6.45) is 0.543. The zero-order valence-electron chi connectivity index (χ0n) is 8.00. The molecule has 0 atom stereocenters. The highest BCUT2D eigenvalue weighted by atomic mass is 35.5. The van der Waals surface area contributed by atoms with Crippen LogP contribution in [-0.4, -0.2) is 10.1 Å². The molecule has 3 nitrogen and oxygen atoms in total. The van der Waals surface area contributed by atoms with Crippen molar-refractivity contribution in [1.29, 1.82) is 0 Å². The predicted octanol–water partition coefficient (Wildman–Crippen LogP) is 3.28. The van der Waals surface area contributed by atoms with Gasteiger partial charge in [-0.05, 0) is 30.7 Å². The van der Waals surface area contributed by atoms with E-state index in [2.05, 4.69) is 10.1 Å². The molecule has 0 aliphatic carbocycles. The molecular weight excluding hydrogens is 235 g/mol. The van der Waals surface area contributed by atoms with Gasteiger partial charge in [0.05, 0.1) is 6.42 Å². The van der Waals surface area contributed by atoms with Gasteiger partial charge in [-0.25, -0.2) is 0 Å². The molecule has 1 heterocycles. The van der Waals surface area contributed by atoms with Gasteiger partial charge in [0.1, 0.15) is 0 Å². The van der Waals surface area contributed by atoms with Crippen molar-refractivity contribution in [2.75, 3.05) is 0 Å². The van der Waals surface area contributed by atoms with Gasteiger partial charge in [-0.2, -0.15) is 4.98 Å². The molecule has 5 heteroatoms. The topological polar surface area (TPSA) is 38.9 Å². The van der Waals surface area contributed by atoms with E-state index in [1.54, 1.807) is 13.0 Å². The second-order valence-electron chi connectivity index (χ2n) is 3.19. The van der Waals surface area contributed by atoms with Crippen LogP contribution >= 0.6 is 23.2 Å². The SMILES string of the molecule is Cc1noc(Cc2cc(Cl)cc(Cl)c2)n1. The summed E-state index contributed by atoms with van der Waals surface area (Å²) in [6.45, 7) is 1.78. The van der Waals surface area contributed by atoms with Crippen molar-refractivity contribution in [3.05, 3.63) is 45.5 Å². The molecule has 0 bridgehead atoms. The molecule has 0 spiro atoms. The second kappa shape index (κ2) is 4.21. The van der Waals surface area contributed by atoms with Crippen LogP contribution in [0.5, 0.6) is 0 Å². The molecule has 0 fully saturated rings. The van der Waals surface area contributed by atoms with Gasteiger partial charge in [0.25, 0.3) is 0 Å². The highest BCUT2D eigenvalue weighted by Gasteiger charge is 2.05. The maximum absolute atomic E-state index is 5.87. The van der Waals surface area contributed by atoms with Gasteiger partial charge < -0.3 is 4.52 Å². The zero-order valence-corrected chi connectivity index (χ0v) is 9.51. The van der Waals surface area contributed by atoms with Crippen LogP contribution in [0.25, 0.3) is 0 Å². The zero-order chi connectivity index (χ0) is 10.8. The van der Waals surface area contributed by atoms with E-state index in [0.717, 1.165) is 5.56 Å². The molecule has 78 valence electrons. The molecule has 0 saturated heterocycles. The van der Waals surface area contributed by atoms with Crippen molar-refractivity contribution in [1.82, 2.24) is 10.1 Å². The summed E-state index contributed by atoms with van der Waals surface area (Å²) in [5.41, 5.74) is 0.955. The van der Waals surface area contributed by atoms with Gasteiger partial charge >= 0.3 is 0 Å². The van der Waals surface area contributed by atoms with Crippen molar-refractivity contribution in [3.63, 3.8) is 0 Å². The van der Waals surface area contributed by atoms with Crippen molar-refractivity contribution in [2.24, 2.45) is 0 Å². The van der Waals surface area contributed by atoms with Crippen LogP contribution in [-0.2, 0) is 6.42 Å². The average molecular weight is 243 g/mol. The minimum atomic E-state index is 0.543. The first-order valence-corrected chi connectivity index (χ1v) is 5.13. The van der Waals surface area contributed by atoms with Gasteiger partial charge in [0.2, 0.25) is 5.89 Å². The number of hydrogen-bond acceptors (Lipinski definition) is 3. The highest BCUT2D eigenvalue weighted by Crippen LogP contribution is 2.20. The Kier molecular flexibility index (Phi) is 2.93. The van der Waals surface area contributed by atoms with E-state index >= 15 is 0 Å². The number of benzene rings is 1. The number of aromatic nitrogens is 2. The summed E-state index contributed by atoms with van der Waals surface area (Å²) in [6, 6.07) is 5.34. The van der Waals surface area contributed by atoms with Crippen molar-refractivity contribution < 1.29 is 4.52 Å². The summed E-state index contributed by atoms with van der Waals surface area (Å²) in [5.74, 6) is 1.18. The lowest BCUT2D eigenvalue weighted by Crippen LogP contribution is -1.88. The monoisotopic (exact) mass is 242 g/mol. The quantitative estimate of drug-likeness (QED) is 0.812. The number of halogens is 2. The van der Waals surface area contributed by atoms with Crippen LogP contribution in [0, 0.1) is 6.92 Å². The molecule has 1 aromatic carbocycles. The molecule has 0 amide bonds. The molecule has 0 unspecified atom stereocenters. The lowest BCUT2D eigenvalue weighted by atomic mass is 10.1. The third-order valence-corrected chi connectivity index (χ3v) is 2.28. The van der Waals surface area contributed by atoms with E-state index in [4.69, 9.17) is 27.7 Å². The number of aryl methyl sites for hydroxylation is 1. The van der Waals surface area contributed by atoms with Crippen LogP contribution in [0.1, 0.15) is 17.3 Å². The highest BCUT2D eigenvalue weighted by molar-refractivity contribution is 6.34. The minimum Gasteiger partial charge on any atom is -0.339 e. The molecule has 0 aliphatic heterocycles. The van der Waals surface area contributed by atoms with Gasteiger partial charge in [-0.15, -0.1) is 0 Å². The maximum atomic E-state index is 5.87. The summed E-state index contributed by atoms with van der Waals surface area (Å²) in [5, 5.41) is 4.92. The van der Waals surface area contributed by atoms with Gasteiger partial charge in [-0.1, -0.05) is 28.4 Å². The van der Waals surface area contributed by atoms with E-state index in [1.165, 1.54) is 0 Å². The normalized spacial score (nSPS) is 10.6. The van der Waals surface area contributed by atoms with Gasteiger partial charge in [0, 0.05) is 10.0 Å². The van der Waals surface area contributed by atoms with Crippen LogP contribution in [0.3, 0.4) is 0 Å². The molecule has 0 N–H and O–H groups in total. The first-order chi connectivity index (χ1) is 7.13. The molecule has 15 heavy (non-hydrogen) atoms. The third kappa shape index (κ3) is 2.70. The molecule has 2 rings (SSSR count). The van der Waals surface area contributed by atoms with Gasteiger partial charge in [0.15, 0.2) is 5.82 Å². The van der Waals surface area contributed by atoms with E-state index < -0.39 is 0 Å². The Balaban J connectivity index is 2.24. The molecule has 2 aromatic rings. The van der Waals surface area contributed by atoms with Crippen LogP contribution < -0.4 is 0 Å². The number of rotatable bonds is 2. The van der Waals surface area contributed by atoms with Crippen molar-refractivity contribution >= 4 is 23.2 Å². The fraction of sp³-hybridized carbons (Fsp3) is 0.200. The summed E-state index contributed by atoms with van der Waals surface area (Å²) >= 11 is 11.7. The molecule has 0 aliphatic rings. The predicted molar refractivity (Wildman–Crippen MR) is 58.3 cm³/mol. The van der Waals surface area contributed by atoms with Crippen LogP contribution in [0.2, 0.25) is 10.0 Å². The maximum Gasteiger partial charge on any atom is 0.231 e. The number of hydrogen-bond donors (Lipinski definition) is 0. The Morgan fingerprint density at radius 1 is 1.20 bits per heavy atom. The second-order valence-corrected chi connectivity index (χ2v) is 4.06. The Morgan fingerprint density at radius 2 is 1.87 bits per heavy atom. The molecule has 1 aromatic heterocycles. The van der Waals surface area contributed by atoms with Crippen LogP contribution in [0.4, 0.5) is 0 Å². The largest absolute Gasteiger partial charge is 0.339 e. The first-order valence-electron chi connectivity index (χ1n) is 4.37. The van der Waals surface area contributed by atoms with E-state index in [0.29, 0.717) is 28.2 Å². The fourth-order valence-corrected chi connectivity index (χ4v) is 1.87. The lowest BCUT2D eigenvalue weighted by molar-refractivity contribution is 0.381. The Hall–Kier alpha value is -1.06. The van der Waals surface area contributed by atoms with Gasteiger partial charge in [-0.3, -0.25) is 0 Å². The first kappa shape index (κ1) is 10.5. The van der Waals surface area contributed by atoms with Crippen molar-refractivity contribution in [2.45, 2.75) is 13.3 Å². The minimum absolute atomic E-state index is 0.543. The lowest BCUT2D eigenvalue weighted by Gasteiger charge is -1.99. The third-order valence-electron chi connectivity index (χ3n) is 1.85. The van der Waals surface area contributed by atoms with E-state index in [-0.39, 0.29) is 0 Å². The van der Waals surface area contributed by atoms with Crippen molar-refractivity contribution in [3.8, 4) is 0 Å². The Bertz CT molecular complexity index is 462. The Labute approximate surface area is 97.0 Å². The average Bonchev–Trinajstić information content (AvgIpc) is 2.49. The number of nitrogens with zero attached hydrogens (tertiary/aromatic N) is 2. The van der Waals surface area contributed by atoms with Crippen LogP contribution in [0.15, 0.2) is 22.7 Å². The summed E-state index contributed by atoms with van der Waals surface area (Å²) < 4.78 is 5.00. The fourth-order valence-electron chi connectivity index (χ4n) is 1.30. The molecular formula is C10H8Cl2N2O. The summed E-state index contributed by atoms with van der Waals surface area (Å²) in [7, 11) is 0. The Morgan fingerprint density at radius 3 is 2.40 bits per heavy atom. The van der Waals surface area contributed by atoms with E-state index in [1.807, 2.05) is 12.1 Å². The smallest absolute Gasteiger partial charge is 0.231 e.